The van der Waals surface area contributed by atoms with Crippen LogP contribution in [0, 0.1) is 0 Å². The summed E-state index contributed by atoms with van der Waals surface area (Å²) in [5.74, 6) is 0.733. The number of nitrogens with one attached hydrogen (secondary N) is 1. The molecule has 1 N–H and O–H groups in total. The van der Waals surface area contributed by atoms with Crippen molar-refractivity contribution in [2.24, 2.45) is 0 Å². The van der Waals surface area contributed by atoms with Crippen LogP contribution in [0.25, 0.3) is 11.3 Å². The molecule has 0 saturated heterocycles. The number of anilines is 1. The molecule has 3 aromatic rings. The van der Waals surface area contributed by atoms with Crippen molar-refractivity contribution in [2.45, 2.75) is 0 Å². The zero-order valence-corrected chi connectivity index (χ0v) is 10.8. The van der Waals surface area contributed by atoms with Gasteiger partial charge in [0.25, 0.3) is 5.91 Å². The average molecular weight is 269 g/mol. The molecule has 1 amide bonds. The summed E-state index contributed by atoms with van der Waals surface area (Å²) in [7, 11) is 0. The normalized spacial score (nSPS) is 10.3. The molecule has 0 atom stereocenters. The van der Waals surface area contributed by atoms with Crippen LogP contribution < -0.4 is 5.32 Å². The summed E-state index contributed by atoms with van der Waals surface area (Å²) in [6.07, 6.45) is 1.64. The zero-order chi connectivity index (χ0) is 13.1. The third-order valence-corrected chi connectivity index (χ3v) is 3.56. The maximum Gasteiger partial charge on any atom is 0.265 e. The molecule has 4 heteroatoms. The van der Waals surface area contributed by atoms with E-state index in [0.29, 0.717) is 4.88 Å². The van der Waals surface area contributed by atoms with Gasteiger partial charge in [-0.1, -0.05) is 6.07 Å². The van der Waals surface area contributed by atoms with Gasteiger partial charge in [0.1, 0.15) is 5.76 Å². The van der Waals surface area contributed by atoms with Gasteiger partial charge in [0.15, 0.2) is 0 Å². The average Bonchev–Trinajstić information content (AvgIpc) is 3.13. The topological polar surface area (TPSA) is 42.2 Å². The third kappa shape index (κ3) is 2.58. The Morgan fingerprint density at radius 2 is 1.89 bits per heavy atom. The van der Waals surface area contributed by atoms with Crippen LogP contribution in [-0.4, -0.2) is 5.91 Å². The Morgan fingerprint density at radius 3 is 2.53 bits per heavy atom. The SMILES string of the molecule is O=C(Nc1ccc(-c2ccco2)cc1)c1cccs1. The predicted molar refractivity (Wildman–Crippen MR) is 76.4 cm³/mol. The molecule has 3 rings (SSSR count). The van der Waals surface area contributed by atoms with Crippen LogP contribution in [0.3, 0.4) is 0 Å². The summed E-state index contributed by atoms with van der Waals surface area (Å²) >= 11 is 1.42. The molecule has 3 nitrogen and oxygen atoms in total. The van der Waals surface area contributed by atoms with Gasteiger partial charge in [0, 0.05) is 11.3 Å². The molecule has 2 heterocycles. The van der Waals surface area contributed by atoms with E-state index in [0.717, 1.165) is 17.0 Å². The summed E-state index contributed by atoms with van der Waals surface area (Å²) in [6, 6.07) is 15.0. The molecule has 0 aliphatic heterocycles. The van der Waals surface area contributed by atoms with E-state index in [2.05, 4.69) is 5.32 Å². The van der Waals surface area contributed by atoms with Gasteiger partial charge < -0.3 is 9.73 Å². The second-order valence-corrected chi connectivity index (χ2v) is 4.93. The van der Waals surface area contributed by atoms with Crippen molar-refractivity contribution in [3.8, 4) is 11.3 Å². The van der Waals surface area contributed by atoms with E-state index in [-0.39, 0.29) is 5.91 Å². The quantitative estimate of drug-likeness (QED) is 0.772. The van der Waals surface area contributed by atoms with Gasteiger partial charge in [-0.3, -0.25) is 4.79 Å². The van der Waals surface area contributed by atoms with Gasteiger partial charge in [0.05, 0.1) is 11.1 Å². The van der Waals surface area contributed by atoms with Crippen molar-refractivity contribution in [1.82, 2.24) is 0 Å². The van der Waals surface area contributed by atoms with E-state index >= 15 is 0 Å². The maximum absolute atomic E-state index is 11.9. The molecule has 0 aliphatic rings. The molecule has 0 saturated carbocycles. The van der Waals surface area contributed by atoms with E-state index in [1.54, 1.807) is 12.3 Å². The number of hydrogen-bond donors (Lipinski definition) is 1. The summed E-state index contributed by atoms with van der Waals surface area (Å²) in [6.45, 7) is 0. The van der Waals surface area contributed by atoms with Crippen molar-refractivity contribution in [3.05, 3.63) is 65.1 Å². The summed E-state index contributed by atoms with van der Waals surface area (Å²) in [5.41, 5.74) is 1.76. The van der Waals surface area contributed by atoms with Crippen LogP contribution in [0.1, 0.15) is 9.67 Å². The Balaban J connectivity index is 1.75. The number of furan rings is 1. The van der Waals surface area contributed by atoms with Crippen LogP contribution in [0.15, 0.2) is 64.6 Å². The standard InChI is InChI=1S/C15H11NO2S/c17-15(14-4-2-10-19-14)16-12-7-5-11(6-8-12)13-3-1-9-18-13/h1-10H,(H,16,17). The highest BCUT2D eigenvalue weighted by molar-refractivity contribution is 7.12. The van der Waals surface area contributed by atoms with Gasteiger partial charge in [0.2, 0.25) is 0 Å². The van der Waals surface area contributed by atoms with E-state index in [4.69, 9.17) is 4.42 Å². The minimum atomic E-state index is -0.0826. The Hall–Kier alpha value is -2.33. The number of carbonyl (C=O) groups excluding carboxylic acids is 1. The first kappa shape index (κ1) is 11.7. The van der Waals surface area contributed by atoms with E-state index in [1.165, 1.54) is 11.3 Å². The van der Waals surface area contributed by atoms with Gasteiger partial charge >= 0.3 is 0 Å². The zero-order valence-electron chi connectivity index (χ0n) is 10.00. The van der Waals surface area contributed by atoms with Crippen LogP contribution in [0.5, 0.6) is 0 Å². The first-order valence-corrected chi connectivity index (χ1v) is 6.70. The van der Waals surface area contributed by atoms with Crippen LogP contribution in [-0.2, 0) is 0 Å². The Bertz CT molecular complexity index is 655. The second kappa shape index (κ2) is 5.12. The monoisotopic (exact) mass is 269 g/mol. The van der Waals surface area contributed by atoms with Crippen molar-refractivity contribution in [2.75, 3.05) is 5.32 Å². The van der Waals surface area contributed by atoms with Crippen LogP contribution in [0.4, 0.5) is 5.69 Å². The lowest BCUT2D eigenvalue weighted by atomic mass is 10.1. The molecular weight excluding hydrogens is 258 g/mol. The fourth-order valence-corrected chi connectivity index (χ4v) is 2.38. The molecular formula is C15H11NO2S. The molecule has 2 aromatic heterocycles. The molecule has 1 aromatic carbocycles. The number of amides is 1. The number of rotatable bonds is 3. The highest BCUT2D eigenvalue weighted by Crippen LogP contribution is 2.22. The molecule has 0 aliphatic carbocycles. The van der Waals surface area contributed by atoms with Crippen molar-refractivity contribution in [3.63, 3.8) is 0 Å². The van der Waals surface area contributed by atoms with E-state index < -0.39 is 0 Å². The molecule has 0 radical (unpaired) electrons. The van der Waals surface area contributed by atoms with Gasteiger partial charge in [-0.25, -0.2) is 0 Å². The largest absolute Gasteiger partial charge is 0.464 e. The van der Waals surface area contributed by atoms with Crippen LogP contribution >= 0.6 is 11.3 Å². The predicted octanol–water partition coefficient (Wildman–Crippen LogP) is 4.26. The first-order chi connectivity index (χ1) is 9.33. The van der Waals surface area contributed by atoms with Crippen molar-refractivity contribution < 1.29 is 9.21 Å². The summed E-state index contributed by atoms with van der Waals surface area (Å²) in [5, 5.41) is 4.74. The number of carbonyl (C=O) groups is 1. The number of benzene rings is 1. The maximum atomic E-state index is 11.9. The fourth-order valence-electron chi connectivity index (χ4n) is 1.76. The molecule has 0 unspecified atom stereocenters. The second-order valence-electron chi connectivity index (χ2n) is 3.99. The Morgan fingerprint density at radius 1 is 1.05 bits per heavy atom. The Labute approximate surface area is 114 Å². The summed E-state index contributed by atoms with van der Waals surface area (Å²) in [4.78, 5) is 12.6. The number of thiophene rings is 1. The summed E-state index contributed by atoms with van der Waals surface area (Å²) < 4.78 is 5.31. The molecule has 19 heavy (non-hydrogen) atoms. The molecule has 94 valence electrons. The molecule has 0 fully saturated rings. The van der Waals surface area contributed by atoms with E-state index in [9.17, 15) is 4.79 Å². The lowest BCUT2D eigenvalue weighted by Crippen LogP contribution is -2.09. The molecule has 0 spiro atoms. The lowest BCUT2D eigenvalue weighted by Gasteiger charge is -2.04. The minimum Gasteiger partial charge on any atom is -0.464 e. The highest BCUT2D eigenvalue weighted by Gasteiger charge is 2.07. The smallest absolute Gasteiger partial charge is 0.265 e. The fraction of sp³-hybridized carbons (Fsp3) is 0. The van der Waals surface area contributed by atoms with Gasteiger partial charge in [-0.15, -0.1) is 11.3 Å². The van der Waals surface area contributed by atoms with Crippen molar-refractivity contribution >= 4 is 22.9 Å². The van der Waals surface area contributed by atoms with Crippen molar-refractivity contribution in [1.29, 1.82) is 0 Å². The number of hydrogen-bond acceptors (Lipinski definition) is 3. The van der Waals surface area contributed by atoms with E-state index in [1.807, 2.05) is 47.8 Å². The third-order valence-electron chi connectivity index (χ3n) is 2.69. The highest BCUT2D eigenvalue weighted by atomic mass is 32.1. The first-order valence-electron chi connectivity index (χ1n) is 5.82. The van der Waals surface area contributed by atoms with Crippen LogP contribution in [0.2, 0.25) is 0 Å². The molecule has 0 bridgehead atoms. The Kier molecular flexibility index (Phi) is 3.16. The lowest BCUT2D eigenvalue weighted by molar-refractivity contribution is 0.103. The minimum absolute atomic E-state index is 0.0826. The van der Waals surface area contributed by atoms with Gasteiger partial charge in [-0.2, -0.15) is 0 Å². The van der Waals surface area contributed by atoms with Gasteiger partial charge in [-0.05, 0) is 47.8 Å².